The molecule has 1 aromatic carbocycles. The first-order valence-electron chi connectivity index (χ1n) is 4.53. The Morgan fingerprint density at radius 2 is 2.29 bits per heavy atom. The van der Waals surface area contributed by atoms with Gasteiger partial charge >= 0.3 is 0 Å². The number of aryl methyl sites for hydroxylation is 1. The lowest BCUT2D eigenvalue weighted by Crippen LogP contribution is -2.02. The molecule has 0 aliphatic carbocycles. The van der Waals surface area contributed by atoms with Gasteiger partial charge in [0.05, 0.1) is 11.0 Å². The summed E-state index contributed by atoms with van der Waals surface area (Å²) in [7, 11) is 1.90. The van der Waals surface area contributed by atoms with E-state index in [2.05, 4.69) is 11.1 Å². The average molecular weight is 210 g/mol. The molecular weight excluding hydrogens is 198 g/mol. The van der Waals surface area contributed by atoms with Crippen LogP contribution in [-0.4, -0.2) is 16.1 Å². The molecule has 0 saturated carbocycles. The van der Waals surface area contributed by atoms with Crippen LogP contribution in [0.15, 0.2) is 18.2 Å². The Hall–Kier alpha value is -1.06. The van der Waals surface area contributed by atoms with Gasteiger partial charge in [0.2, 0.25) is 5.28 Å². The largest absolute Gasteiger partial charge is 0.330 e. The highest BCUT2D eigenvalue weighted by atomic mass is 35.5. The summed E-state index contributed by atoms with van der Waals surface area (Å²) in [6.45, 7) is 0.659. The second-order valence-electron chi connectivity index (χ2n) is 3.30. The van der Waals surface area contributed by atoms with Crippen molar-refractivity contribution < 1.29 is 0 Å². The second-order valence-corrected chi connectivity index (χ2v) is 3.64. The van der Waals surface area contributed by atoms with Crippen LogP contribution in [0.25, 0.3) is 11.0 Å². The molecule has 0 bridgehead atoms. The van der Waals surface area contributed by atoms with Crippen LogP contribution in [0.5, 0.6) is 0 Å². The van der Waals surface area contributed by atoms with Crippen LogP contribution in [0.4, 0.5) is 0 Å². The van der Waals surface area contributed by atoms with Gasteiger partial charge in [-0.25, -0.2) is 4.98 Å². The van der Waals surface area contributed by atoms with Crippen LogP contribution in [0.1, 0.15) is 5.56 Å². The minimum Gasteiger partial charge on any atom is -0.330 e. The van der Waals surface area contributed by atoms with Gasteiger partial charge in [0.25, 0.3) is 0 Å². The molecule has 0 spiro atoms. The minimum atomic E-state index is 0.518. The maximum atomic E-state index is 5.91. The Morgan fingerprint density at radius 3 is 3.00 bits per heavy atom. The molecule has 14 heavy (non-hydrogen) atoms. The number of benzene rings is 1. The molecule has 2 rings (SSSR count). The minimum absolute atomic E-state index is 0.518. The molecule has 0 unspecified atom stereocenters. The van der Waals surface area contributed by atoms with E-state index in [-0.39, 0.29) is 0 Å². The van der Waals surface area contributed by atoms with E-state index in [4.69, 9.17) is 17.3 Å². The predicted molar refractivity (Wildman–Crippen MR) is 58.5 cm³/mol. The number of imidazole rings is 1. The first-order chi connectivity index (χ1) is 6.72. The van der Waals surface area contributed by atoms with Crippen LogP contribution < -0.4 is 5.73 Å². The van der Waals surface area contributed by atoms with Gasteiger partial charge in [-0.2, -0.15) is 0 Å². The first-order valence-corrected chi connectivity index (χ1v) is 4.91. The fourth-order valence-corrected chi connectivity index (χ4v) is 1.72. The lowest BCUT2D eigenvalue weighted by molar-refractivity contribution is 0.947. The van der Waals surface area contributed by atoms with Crippen LogP contribution >= 0.6 is 11.6 Å². The van der Waals surface area contributed by atoms with Crippen molar-refractivity contribution in [2.75, 3.05) is 6.54 Å². The number of fused-ring (bicyclic) bond motifs is 1. The third-order valence-electron chi connectivity index (χ3n) is 2.32. The Labute approximate surface area is 87.5 Å². The zero-order valence-electron chi connectivity index (χ0n) is 8.00. The summed E-state index contributed by atoms with van der Waals surface area (Å²) in [6, 6.07) is 6.13. The predicted octanol–water partition coefficient (Wildman–Crippen LogP) is 1.73. The van der Waals surface area contributed by atoms with E-state index >= 15 is 0 Å². The van der Waals surface area contributed by atoms with Crippen molar-refractivity contribution in [3.63, 3.8) is 0 Å². The SMILES string of the molecule is Cn1c(Cl)nc2cc(CCN)ccc21. The van der Waals surface area contributed by atoms with Crippen LogP contribution in [0.2, 0.25) is 5.28 Å². The standard InChI is InChI=1S/C10H12ClN3/c1-14-9-3-2-7(4-5-12)6-8(9)13-10(14)11/h2-3,6H,4-5,12H2,1H3. The molecule has 3 nitrogen and oxygen atoms in total. The lowest BCUT2D eigenvalue weighted by Gasteiger charge is -1.98. The number of hydrogen-bond acceptors (Lipinski definition) is 2. The average Bonchev–Trinajstić information content (AvgIpc) is 2.43. The Morgan fingerprint density at radius 1 is 1.50 bits per heavy atom. The Balaban J connectivity index is 2.56. The molecule has 0 atom stereocenters. The lowest BCUT2D eigenvalue weighted by atomic mass is 10.1. The van der Waals surface area contributed by atoms with E-state index in [0.29, 0.717) is 11.8 Å². The maximum Gasteiger partial charge on any atom is 0.203 e. The summed E-state index contributed by atoms with van der Waals surface area (Å²) in [4.78, 5) is 4.24. The number of halogens is 1. The Bertz CT molecular complexity index is 462. The number of hydrogen-bond donors (Lipinski definition) is 1. The molecule has 2 aromatic rings. The van der Waals surface area contributed by atoms with Gasteiger partial charge in [-0.15, -0.1) is 0 Å². The van der Waals surface area contributed by atoms with Crippen LogP contribution in [-0.2, 0) is 13.5 Å². The van der Waals surface area contributed by atoms with Gasteiger partial charge < -0.3 is 10.3 Å². The molecule has 4 heteroatoms. The van der Waals surface area contributed by atoms with Crippen molar-refractivity contribution in [3.05, 3.63) is 29.0 Å². The quantitative estimate of drug-likeness (QED) is 0.819. The zero-order chi connectivity index (χ0) is 10.1. The molecule has 0 saturated heterocycles. The van der Waals surface area contributed by atoms with Gasteiger partial charge in [-0.05, 0) is 42.3 Å². The molecule has 0 amide bonds. The smallest absolute Gasteiger partial charge is 0.203 e. The fourth-order valence-electron chi connectivity index (χ4n) is 1.54. The molecule has 1 heterocycles. The van der Waals surface area contributed by atoms with E-state index in [0.717, 1.165) is 17.5 Å². The van der Waals surface area contributed by atoms with Gasteiger partial charge in [-0.1, -0.05) is 6.07 Å². The highest BCUT2D eigenvalue weighted by molar-refractivity contribution is 6.29. The number of aromatic nitrogens is 2. The molecule has 0 fully saturated rings. The molecule has 0 radical (unpaired) electrons. The van der Waals surface area contributed by atoms with Gasteiger partial charge in [0.15, 0.2) is 0 Å². The van der Waals surface area contributed by atoms with Gasteiger partial charge in [0, 0.05) is 7.05 Å². The monoisotopic (exact) mass is 209 g/mol. The van der Waals surface area contributed by atoms with Crippen molar-refractivity contribution in [2.24, 2.45) is 12.8 Å². The molecule has 0 aliphatic rings. The third kappa shape index (κ3) is 1.49. The summed E-state index contributed by atoms with van der Waals surface area (Å²) in [5.41, 5.74) is 8.68. The normalized spacial score (nSPS) is 11.1. The summed E-state index contributed by atoms with van der Waals surface area (Å²) in [5, 5.41) is 0.518. The summed E-state index contributed by atoms with van der Waals surface area (Å²) in [6.07, 6.45) is 0.879. The first kappa shape index (κ1) is 9.49. The molecule has 2 N–H and O–H groups in total. The van der Waals surface area contributed by atoms with E-state index in [1.54, 1.807) is 0 Å². The van der Waals surface area contributed by atoms with Gasteiger partial charge in [0.1, 0.15) is 0 Å². The third-order valence-corrected chi connectivity index (χ3v) is 2.66. The van der Waals surface area contributed by atoms with Crippen molar-refractivity contribution in [1.29, 1.82) is 0 Å². The van der Waals surface area contributed by atoms with Crippen molar-refractivity contribution in [1.82, 2.24) is 9.55 Å². The van der Waals surface area contributed by atoms with Crippen molar-refractivity contribution in [3.8, 4) is 0 Å². The molecule has 0 aliphatic heterocycles. The molecular formula is C10H12ClN3. The van der Waals surface area contributed by atoms with E-state index < -0.39 is 0 Å². The van der Waals surface area contributed by atoms with E-state index in [9.17, 15) is 0 Å². The highest BCUT2D eigenvalue weighted by Gasteiger charge is 2.05. The van der Waals surface area contributed by atoms with Gasteiger partial charge in [-0.3, -0.25) is 0 Å². The van der Waals surface area contributed by atoms with Crippen molar-refractivity contribution in [2.45, 2.75) is 6.42 Å². The fraction of sp³-hybridized carbons (Fsp3) is 0.300. The second kappa shape index (κ2) is 3.59. The Kier molecular flexibility index (Phi) is 2.44. The summed E-state index contributed by atoms with van der Waals surface area (Å²) in [5.74, 6) is 0. The van der Waals surface area contributed by atoms with Crippen LogP contribution in [0.3, 0.4) is 0 Å². The van der Waals surface area contributed by atoms with E-state index in [1.807, 2.05) is 23.7 Å². The number of rotatable bonds is 2. The maximum absolute atomic E-state index is 5.91. The number of nitrogens with zero attached hydrogens (tertiary/aromatic N) is 2. The number of nitrogens with two attached hydrogens (primary N) is 1. The zero-order valence-corrected chi connectivity index (χ0v) is 8.75. The summed E-state index contributed by atoms with van der Waals surface area (Å²) >= 11 is 5.91. The topological polar surface area (TPSA) is 43.8 Å². The molecule has 74 valence electrons. The highest BCUT2D eigenvalue weighted by Crippen LogP contribution is 2.19. The van der Waals surface area contributed by atoms with Crippen LogP contribution in [0, 0.1) is 0 Å². The summed E-state index contributed by atoms with van der Waals surface area (Å²) < 4.78 is 1.86. The van der Waals surface area contributed by atoms with Crippen molar-refractivity contribution >= 4 is 22.6 Å². The van der Waals surface area contributed by atoms with E-state index in [1.165, 1.54) is 5.56 Å². The molecule has 1 aromatic heterocycles.